The maximum atomic E-state index is 12.1. The van der Waals surface area contributed by atoms with Crippen molar-refractivity contribution in [2.45, 2.75) is 33.3 Å². The van der Waals surface area contributed by atoms with Crippen molar-refractivity contribution in [2.75, 3.05) is 39.8 Å². The minimum atomic E-state index is -0.521. The highest BCUT2D eigenvalue weighted by molar-refractivity contribution is 5.80. The number of ether oxygens (including phenoxy) is 1. The Balaban J connectivity index is 2.66. The predicted molar refractivity (Wildman–Crippen MR) is 77.5 cm³/mol. The van der Waals surface area contributed by atoms with Crippen LogP contribution in [0.15, 0.2) is 0 Å². The molecule has 0 spiro atoms. The first-order valence-corrected chi connectivity index (χ1v) is 7.17. The Morgan fingerprint density at radius 1 is 1.50 bits per heavy atom. The van der Waals surface area contributed by atoms with Crippen molar-refractivity contribution in [3.05, 3.63) is 0 Å². The van der Waals surface area contributed by atoms with Crippen molar-refractivity contribution >= 4 is 12.0 Å². The molecule has 6 nitrogen and oxygen atoms in total. The van der Waals surface area contributed by atoms with Gasteiger partial charge in [-0.15, -0.1) is 0 Å². The number of nitrogens with zero attached hydrogens (tertiary/aromatic N) is 2. The summed E-state index contributed by atoms with van der Waals surface area (Å²) >= 11 is 0. The van der Waals surface area contributed by atoms with Gasteiger partial charge in [-0.25, -0.2) is 4.79 Å². The lowest BCUT2D eigenvalue weighted by molar-refractivity contribution is -0.125. The third-order valence-electron chi connectivity index (χ3n) is 3.17. The first-order valence-electron chi connectivity index (χ1n) is 7.17. The maximum Gasteiger partial charge on any atom is 0.410 e. The van der Waals surface area contributed by atoms with E-state index in [0.717, 1.165) is 6.54 Å². The molecule has 0 aromatic carbocycles. The monoisotopic (exact) mass is 285 g/mol. The van der Waals surface area contributed by atoms with Gasteiger partial charge in [0.25, 0.3) is 0 Å². The first-order chi connectivity index (χ1) is 9.23. The zero-order valence-electron chi connectivity index (χ0n) is 13.2. The van der Waals surface area contributed by atoms with Gasteiger partial charge in [-0.05, 0) is 34.7 Å². The van der Waals surface area contributed by atoms with E-state index in [2.05, 4.69) is 10.2 Å². The molecule has 1 heterocycles. The van der Waals surface area contributed by atoms with Crippen LogP contribution >= 0.6 is 0 Å². The van der Waals surface area contributed by atoms with Gasteiger partial charge in [0.2, 0.25) is 5.91 Å². The average molecular weight is 285 g/mol. The molecule has 1 N–H and O–H groups in total. The van der Waals surface area contributed by atoms with Gasteiger partial charge in [0.15, 0.2) is 0 Å². The fraction of sp³-hybridized carbons (Fsp3) is 0.857. The van der Waals surface area contributed by atoms with E-state index in [0.29, 0.717) is 26.2 Å². The van der Waals surface area contributed by atoms with E-state index in [9.17, 15) is 9.59 Å². The van der Waals surface area contributed by atoms with E-state index in [4.69, 9.17) is 4.74 Å². The molecular formula is C14H27N3O3. The third-order valence-corrected chi connectivity index (χ3v) is 3.17. The Morgan fingerprint density at radius 3 is 2.70 bits per heavy atom. The molecule has 1 saturated heterocycles. The highest BCUT2D eigenvalue weighted by Gasteiger charge is 2.29. The molecule has 1 fully saturated rings. The zero-order chi connectivity index (χ0) is 15.3. The Labute approximate surface area is 121 Å². The molecule has 6 heteroatoms. The molecule has 0 radical (unpaired) electrons. The van der Waals surface area contributed by atoms with Gasteiger partial charge in [0.1, 0.15) is 5.60 Å². The van der Waals surface area contributed by atoms with E-state index >= 15 is 0 Å². The van der Waals surface area contributed by atoms with E-state index < -0.39 is 5.60 Å². The molecule has 0 saturated carbocycles. The highest BCUT2D eigenvalue weighted by Crippen LogP contribution is 2.12. The lowest BCUT2D eigenvalue weighted by atomic mass is 10.1. The summed E-state index contributed by atoms with van der Waals surface area (Å²) in [6.45, 7) is 10.5. The topological polar surface area (TPSA) is 61.9 Å². The Hall–Kier alpha value is -1.30. The number of nitrogens with one attached hydrogen (secondary N) is 1. The van der Waals surface area contributed by atoms with Crippen molar-refractivity contribution in [3.8, 4) is 0 Å². The zero-order valence-corrected chi connectivity index (χ0v) is 13.2. The molecule has 0 aromatic heterocycles. The van der Waals surface area contributed by atoms with Crippen molar-refractivity contribution in [1.29, 1.82) is 0 Å². The fourth-order valence-corrected chi connectivity index (χ4v) is 2.13. The van der Waals surface area contributed by atoms with Crippen LogP contribution in [0.2, 0.25) is 0 Å². The smallest absolute Gasteiger partial charge is 0.410 e. The summed E-state index contributed by atoms with van der Waals surface area (Å²) in [5.74, 6) is -0.202. The molecule has 0 bridgehead atoms. The Morgan fingerprint density at radius 2 is 2.15 bits per heavy atom. The molecule has 1 aliphatic heterocycles. The lowest BCUT2D eigenvalue weighted by Crippen LogP contribution is -2.44. The van der Waals surface area contributed by atoms with E-state index in [-0.39, 0.29) is 17.9 Å². The standard InChI is InChI=1S/C14H27N3O3/c1-6-17(13(19)20-14(2,3)4)10-11-9-16(5)8-7-15-12(11)18/h11H,6-10H2,1-5H3,(H,15,18). The van der Waals surface area contributed by atoms with Crippen LogP contribution < -0.4 is 5.32 Å². The summed E-state index contributed by atoms with van der Waals surface area (Å²) < 4.78 is 5.37. The summed E-state index contributed by atoms with van der Waals surface area (Å²) in [4.78, 5) is 27.8. The van der Waals surface area contributed by atoms with Crippen LogP contribution in [0.25, 0.3) is 0 Å². The average Bonchev–Trinajstić information content (AvgIpc) is 2.46. The minimum Gasteiger partial charge on any atom is -0.444 e. The molecule has 2 amide bonds. The Kier molecular flexibility index (Phi) is 5.80. The molecule has 1 rings (SSSR count). The van der Waals surface area contributed by atoms with Gasteiger partial charge in [-0.2, -0.15) is 0 Å². The summed E-state index contributed by atoms with van der Waals surface area (Å²) in [5, 5.41) is 2.88. The van der Waals surface area contributed by atoms with E-state index in [1.165, 1.54) is 0 Å². The molecule has 1 aliphatic rings. The Bertz CT molecular complexity index is 352. The normalized spacial score (nSPS) is 21.1. The van der Waals surface area contributed by atoms with E-state index in [1.807, 2.05) is 34.7 Å². The highest BCUT2D eigenvalue weighted by atomic mass is 16.6. The lowest BCUT2D eigenvalue weighted by Gasteiger charge is -2.29. The first kappa shape index (κ1) is 16.8. The summed E-state index contributed by atoms with van der Waals surface area (Å²) in [7, 11) is 1.98. The summed E-state index contributed by atoms with van der Waals surface area (Å²) in [6, 6.07) is 0. The number of carbonyl (C=O) groups excluding carboxylic acids is 2. The quantitative estimate of drug-likeness (QED) is 0.837. The van der Waals surface area contributed by atoms with Gasteiger partial charge < -0.3 is 19.9 Å². The minimum absolute atomic E-state index is 0.0105. The second-order valence-electron chi connectivity index (χ2n) is 6.27. The van der Waals surface area contributed by atoms with Crippen LogP contribution in [-0.4, -0.2) is 67.2 Å². The molecular weight excluding hydrogens is 258 g/mol. The van der Waals surface area contributed by atoms with Crippen LogP contribution in [0.1, 0.15) is 27.7 Å². The second-order valence-corrected chi connectivity index (χ2v) is 6.27. The summed E-state index contributed by atoms with van der Waals surface area (Å²) in [6.07, 6.45) is -0.361. The maximum absolute atomic E-state index is 12.1. The number of rotatable bonds is 3. The molecule has 0 aromatic rings. The van der Waals surface area contributed by atoms with Crippen molar-refractivity contribution in [3.63, 3.8) is 0 Å². The molecule has 1 unspecified atom stereocenters. The number of carbonyl (C=O) groups is 2. The number of amides is 2. The van der Waals surface area contributed by atoms with Gasteiger partial charge in [0, 0.05) is 32.7 Å². The predicted octanol–water partition coefficient (Wildman–Crippen LogP) is 0.921. The third kappa shape index (κ3) is 5.36. The van der Waals surface area contributed by atoms with Crippen molar-refractivity contribution in [2.24, 2.45) is 5.92 Å². The van der Waals surface area contributed by atoms with Crippen LogP contribution in [0.4, 0.5) is 4.79 Å². The van der Waals surface area contributed by atoms with Crippen LogP contribution in [-0.2, 0) is 9.53 Å². The fourth-order valence-electron chi connectivity index (χ4n) is 2.13. The van der Waals surface area contributed by atoms with Crippen LogP contribution in [0.5, 0.6) is 0 Å². The second kappa shape index (κ2) is 6.92. The van der Waals surface area contributed by atoms with Crippen LogP contribution in [0, 0.1) is 5.92 Å². The van der Waals surface area contributed by atoms with Crippen molar-refractivity contribution < 1.29 is 14.3 Å². The largest absolute Gasteiger partial charge is 0.444 e. The molecule has 20 heavy (non-hydrogen) atoms. The van der Waals surface area contributed by atoms with Crippen molar-refractivity contribution in [1.82, 2.24) is 15.1 Å². The van der Waals surface area contributed by atoms with Gasteiger partial charge in [-0.1, -0.05) is 0 Å². The number of hydrogen-bond acceptors (Lipinski definition) is 4. The number of hydrogen-bond donors (Lipinski definition) is 1. The summed E-state index contributed by atoms with van der Waals surface area (Å²) in [5.41, 5.74) is -0.521. The number of likely N-dealkylation sites (N-methyl/N-ethyl adjacent to an activating group) is 1. The molecule has 116 valence electrons. The van der Waals surface area contributed by atoms with Gasteiger partial charge in [0.05, 0.1) is 5.92 Å². The van der Waals surface area contributed by atoms with Crippen LogP contribution in [0.3, 0.4) is 0 Å². The molecule has 0 aliphatic carbocycles. The molecule has 1 atom stereocenters. The van der Waals surface area contributed by atoms with Gasteiger partial charge >= 0.3 is 6.09 Å². The van der Waals surface area contributed by atoms with E-state index in [1.54, 1.807) is 4.90 Å². The van der Waals surface area contributed by atoms with Gasteiger partial charge in [-0.3, -0.25) is 4.79 Å². The SMILES string of the molecule is CCN(CC1CN(C)CCNC1=O)C(=O)OC(C)(C)C.